The topological polar surface area (TPSA) is 65.0 Å². The maximum absolute atomic E-state index is 12.4. The first-order chi connectivity index (χ1) is 9.91. The van der Waals surface area contributed by atoms with Gasteiger partial charge in [-0.15, -0.1) is 0 Å². The summed E-state index contributed by atoms with van der Waals surface area (Å²) in [4.78, 5) is 12.4. The van der Waals surface area contributed by atoms with E-state index in [2.05, 4.69) is 13.0 Å². The van der Waals surface area contributed by atoms with Crippen LogP contribution in [0.15, 0.2) is 11.6 Å². The van der Waals surface area contributed by atoms with Crippen molar-refractivity contribution in [1.29, 1.82) is 0 Å². The van der Waals surface area contributed by atoms with Crippen LogP contribution in [0.4, 0.5) is 0 Å². The summed E-state index contributed by atoms with van der Waals surface area (Å²) >= 11 is 0. The van der Waals surface area contributed by atoms with Crippen LogP contribution in [0.2, 0.25) is 0 Å². The molecule has 0 aromatic rings. The second-order valence-corrected chi connectivity index (χ2v) is 6.69. The molecule has 0 amide bonds. The van der Waals surface area contributed by atoms with E-state index >= 15 is 0 Å². The fraction of sp³-hybridized carbons (Fsp3) is 0.812. The van der Waals surface area contributed by atoms with Gasteiger partial charge in [0.1, 0.15) is 5.41 Å². The minimum absolute atomic E-state index is 0.387. The van der Waals surface area contributed by atoms with Gasteiger partial charge in [-0.05, 0) is 31.8 Å². The van der Waals surface area contributed by atoms with E-state index in [-0.39, 0.29) is 5.97 Å². The molecule has 1 saturated heterocycles. The van der Waals surface area contributed by atoms with Crippen molar-refractivity contribution < 1.29 is 24.1 Å². The number of carbonyl (C=O) groups excluding carboxylic acids is 1. The number of hydrogen-bond acceptors (Lipinski definition) is 5. The van der Waals surface area contributed by atoms with Gasteiger partial charge in [0.2, 0.25) is 0 Å². The maximum Gasteiger partial charge on any atom is 0.318 e. The molecule has 0 bridgehead atoms. The molecule has 0 radical (unpaired) electrons. The number of hydrogen-bond donors (Lipinski definition) is 1. The van der Waals surface area contributed by atoms with E-state index in [1.807, 2.05) is 0 Å². The van der Waals surface area contributed by atoms with E-state index < -0.39 is 22.7 Å². The molecule has 1 heterocycles. The van der Waals surface area contributed by atoms with Crippen molar-refractivity contribution >= 4 is 5.97 Å². The van der Waals surface area contributed by atoms with Crippen molar-refractivity contribution in [2.75, 3.05) is 20.3 Å². The van der Waals surface area contributed by atoms with Crippen LogP contribution in [0.5, 0.6) is 0 Å². The molecule has 2 aliphatic carbocycles. The summed E-state index contributed by atoms with van der Waals surface area (Å²) in [5.74, 6) is -1.05. The third kappa shape index (κ3) is 1.77. The molecular formula is C16H24O5. The van der Waals surface area contributed by atoms with Crippen LogP contribution < -0.4 is 0 Å². The van der Waals surface area contributed by atoms with Gasteiger partial charge in [-0.2, -0.15) is 0 Å². The minimum atomic E-state index is -1.02. The Morgan fingerprint density at radius 3 is 2.62 bits per heavy atom. The normalized spacial score (nSPS) is 41.5. The second-order valence-electron chi connectivity index (χ2n) is 6.69. The molecule has 0 aromatic heterocycles. The largest absolute Gasteiger partial charge is 0.468 e. The highest BCUT2D eigenvalue weighted by atomic mass is 16.7. The fourth-order valence-electron chi connectivity index (χ4n) is 4.49. The first-order valence-electron chi connectivity index (χ1n) is 7.66. The van der Waals surface area contributed by atoms with Crippen LogP contribution in [0.1, 0.15) is 39.5 Å². The molecule has 1 aliphatic heterocycles. The predicted octanol–water partition coefficient (Wildman–Crippen LogP) is 1.79. The van der Waals surface area contributed by atoms with Gasteiger partial charge in [0.05, 0.1) is 26.4 Å². The Morgan fingerprint density at radius 2 is 2.00 bits per heavy atom. The van der Waals surface area contributed by atoms with Gasteiger partial charge in [-0.3, -0.25) is 4.79 Å². The van der Waals surface area contributed by atoms with Gasteiger partial charge < -0.3 is 19.3 Å². The highest BCUT2D eigenvalue weighted by Crippen LogP contribution is 2.61. The number of aliphatic hydroxyl groups excluding tert-OH is 1. The van der Waals surface area contributed by atoms with Crippen molar-refractivity contribution in [2.24, 2.45) is 10.8 Å². The van der Waals surface area contributed by atoms with E-state index in [9.17, 15) is 9.90 Å². The average Bonchev–Trinajstić information content (AvgIpc) is 2.95. The Kier molecular flexibility index (Phi) is 3.43. The number of fused-ring (bicyclic) bond motifs is 2. The summed E-state index contributed by atoms with van der Waals surface area (Å²) in [5.41, 5.74) is -0.511. The molecule has 21 heavy (non-hydrogen) atoms. The Hall–Kier alpha value is -0.910. The predicted molar refractivity (Wildman–Crippen MR) is 75.4 cm³/mol. The molecule has 3 aliphatic rings. The summed E-state index contributed by atoms with van der Waals surface area (Å²) < 4.78 is 17.0. The number of allylic oxidation sites excluding steroid dienone is 1. The van der Waals surface area contributed by atoms with Crippen LogP contribution >= 0.6 is 0 Å². The third-order valence-corrected chi connectivity index (χ3v) is 5.76. The third-order valence-electron chi connectivity index (χ3n) is 5.76. The zero-order valence-corrected chi connectivity index (χ0v) is 13.0. The second kappa shape index (κ2) is 4.80. The van der Waals surface area contributed by atoms with E-state index in [0.29, 0.717) is 19.6 Å². The van der Waals surface area contributed by atoms with Gasteiger partial charge in [-0.25, -0.2) is 0 Å². The summed E-state index contributed by atoms with van der Waals surface area (Å²) in [6, 6.07) is 0. The highest BCUT2D eigenvalue weighted by molar-refractivity contribution is 5.82. The summed E-state index contributed by atoms with van der Waals surface area (Å²) in [5, 5.41) is 10.5. The number of ether oxygens (including phenoxy) is 3. The first kappa shape index (κ1) is 15.0. The van der Waals surface area contributed by atoms with E-state index in [4.69, 9.17) is 14.2 Å². The molecule has 1 N–H and O–H groups in total. The van der Waals surface area contributed by atoms with Gasteiger partial charge in [0, 0.05) is 11.8 Å². The van der Waals surface area contributed by atoms with E-state index in [1.165, 1.54) is 7.11 Å². The first-order valence-corrected chi connectivity index (χ1v) is 7.66. The van der Waals surface area contributed by atoms with Gasteiger partial charge in [-0.1, -0.05) is 13.0 Å². The Morgan fingerprint density at radius 1 is 1.33 bits per heavy atom. The molecule has 2 fully saturated rings. The zero-order valence-electron chi connectivity index (χ0n) is 13.0. The summed E-state index contributed by atoms with van der Waals surface area (Å²) in [7, 11) is 1.37. The smallest absolute Gasteiger partial charge is 0.318 e. The molecule has 3 rings (SSSR count). The minimum Gasteiger partial charge on any atom is -0.468 e. The monoisotopic (exact) mass is 296 g/mol. The maximum atomic E-state index is 12.4. The molecule has 3 atom stereocenters. The van der Waals surface area contributed by atoms with Gasteiger partial charge in [0.15, 0.2) is 5.79 Å². The highest BCUT2D eigenvalue weighted by Gasteiger charge is 2.64. The summed E-state index contributed by atoms with van der Waals surface area (Å²) in [6.45, 7) is 5.04. The zero-order chi connectivity index (χ0) is 15.3. The van der Waals surface area contributed by atoms with Crippen LogP contribution in [-0.2, 0) is 19.0 Å². The SMILES string of the molecule is COC(=O)[C@@]1(C)C2=CCCC3(OCCO3)[C@]2(C)CC[C@H]1O. The van der Waals surface area contributed by atoms with E-state index in [1.54, 1.807) is 6.92 Å². The lowest BCUT2D eigenvalue weighted by molar-refractivity contribution is -0.245. The standard InChI is InChI=1S/C16H24O5/c1-14-8-6-12(17)15(2,13(18)19-3)11(14)5-4-7-16(14)20-9-10-21-16/h5,12,17H,4,6-10H2,1-3H3/t12-,14-,15+/m1/s1. The lowest BCUT2D eigenvalue weighted by Crippen LogP contribution is -2.60. The van der Waals surface area contributed by atoms with Crippen LogP contribution in [0.25, 0.3) is 0 Å². The Bertz CT molecular complexity index is 479. The number of methoxy groups -OCH3 is 1. The quantitative estimate of drug-likeness (QED) is 0.590. The van der Waals surface area contributed by atoms with Crippen molar-refractivity contribution in [1.82, 2.24) is 0 Å². The molecule has 118 valence electrons. The number of esters is 1. The number of carbonyl (C=O) groups is 1. The molecule has 0 aromatic carbocycles. The van der Waals surface area contributed by atoms with Gasteiger partial charge in [0.25, 0.3) is 0 Å². The Labute approximate surface area is 125 Å². The van der Waals surface area contributed by atoms with Crippen LogP contribution in [-0.4, -0.2) is 43.3 Å². The molecule has 0 unspecified atom stereocenters. The lowest BCUT2D eigenvalue weighted by Gasteiger charge is -2.56. The number of rotatable bonds is 1. The lowest BCUT2D eigenvalue weighted by atomic mass is 9.53. The van der Waals surface area contributed by atoms with Crippen molar-refractivity contribution in [3.63, 3.8) is 0 Å². The van der Waals surface area contributed by atoms with Gasteiger partial charge >= 0.3 is 5.97 Å². The molecule has 1 saturated carbocycles. The Balaban J connectivity index is 2.10. The van der Waals surface area contributed by atoms with Crippen molar-refractivity contribution in [2.45, 2.75) is 51.4 Å². The van der Waals surface area contributed by atoms with E-state index in [0.717, 1.165) is 24.8 Å². The number of aliphatic hydroxyl groups is 1. The van der Waals surface area contributed by atoms with Crippen LogP contribution in [0, 0.1) is 10.8 Å². The molecular weight excluding hydrogens is 272 g/mol. The fourth-order valence-corrected chi connectivity index (χ4v) is 4.49. The molecule has 1 spiro atoms. The average molecular weight is 296 g/mol. The molecule has 5 heteroatoms. The molecule has 5 nitrogen and oxygen atoms in total. The van der Waals surface area contributed by atoms with Crippen molar-refractivity contribution in [3.05, 3.63) is 11.6 Å². The summed E-state index contributed by atoms with van der Waals surface area (Å²) in [6.07, 6.45) is 4.20. The van der Waals surface area contributed by atoms with Crippen LogP contribution in [0.3, 0.4) is 0 Å². The van der Waals surface area contributed by atoms with Crippen molar-refractivity contribution in [3.8, 4) is 0 Å².